The summed E-state index contributed by atoms with van der Waals surface area (Å²) in [7, 11) is 1.80. The molecule has 4 heterocycles. The smallest absolute Gasteiger partial charge is 0.242 e. The molecule has 0 aliphatic carbocycles. The maximum atomic E-state index is 13.3. The molecule has 1 amide bonds. The molecule has 1 fully saturated rings. The Labute approximate surface area is 178 Å². The molecule has 0 bridgehead atoms. The number of carbonyl (C=O) groups excluding carboxylic acids is 1. The first-order valence-electron chi connectivity index (χ1n) is 10.2. The summed E-state index contributed by atoms with van der Waals surface area (Å²) in [6.07, 6.45) is 1.49. The Balaban J connectivity index is 1.74. The van der Waals surface area contributed by atoms with Crippen molar-refractivity contribution in [2.75, 3.05) is 6.54 Å². The fourth-order valence-corrected chi connectivity index (χ4v) is 3.74. The number of carbonyl (C=O) groups is 1. The van der Waals surface area contributed by atoms with Crippen LogP contribution in [0, 0.1) is 5.92 Å². The highest BCUT2D eigenvalue weighted by molar-refractivity contribution is 5.84. The van der Waals surface area contributed by atoms with E-state index in [-0.39, 0.29) is 29.7 Å². The average molecular weight is 432 g/mol. The second-order valence-electron chi connectivity index (χ2n) is 8.93. The molecule has 0 saturated carbocycles. The second-order valence-corrected chi connectivity index (χ2v) is 8.93. The third kappa shape index (κ3) is 4.38. The zero-order chi connectivity index (χ0) is 22.3. The number of pyridine rings is 1. The van der Waals surface area contributed by atoms with E-state index in [1.165, 1.54) is 0 Å². The lowest BCUT2D eigenvalue weighted by molar-refractivity contribution is -0.119. The summed E-state index contributed by atoms with van der Waals surface area (Å²) in [6.45, 7) is 6.43. The van der Waals surface area contributed by atoms with Crippen molar-refractivity contribution in [1.82, 2.24) is 29.6 Å². The van der Waals surface area contributed by atoms with Crippen LogP contribution in [0.15, 0.2) is 24.8 Å². The van der Waals surface area contributed by atoms with E-state index >= 15 is 0 Å². The first kappa shape index (κ1) is 21.2. The number of alkyl halides is 2. The zero-order valence-electron chi connectivity index (χ0n) is 18.0. The molecule has 2 atom stereocenters. The molecule has 0 spiro atoms. The summed E-state index contributed by atoms with van der Waals surface area (Å²) in [4.78, 5) is 20.7. The summed E-state index contributed by atoms with van der Waals surface area (Å²) in [5, 5.41) is 7.11. The van der Waals surface area contributed by atoms with Gasteiger partial charge in [-0.3, -0.25) is 9.48 Å². The van der Waals surface area contributed by atoms with Crippen LogP contribution in [-0.4, -0.2) is 49.3 Å². The number of fused-ring (bicyclic) bond motifs is 1. The molecular formula is C21H26F2N6O2. The van der Waals surface area contributed by atoms with Crippen molar-refractivity contribution in [2.45, 2.75) is 51.7 Å². The van der Waals surface area contributed by atoms with Crippen LogP contribution in [-0.2, 0) is 17.4 Å². The molecule has 0 radical (unpaired) electrons. The number of amides is 1. The van der Waals surface area contributed by atoms with Gasteiger partial charge in [0, 0.05) is 44.1 Å². The molecule has 3 aromatic heterocycles. The van der Waals surface area contributed by atoms with Gasteiger partial charge in [-0.15, -0.1) is 0 Å². The number of rotatable bonds is 6. The third-order valence-electron chi connectivity index (χ3n) is 5.44. The minimum absolute atomic E-state index is 0.157. The standard InChI is InChI=1S/C21H26F2N6O2/c1-21(2,3)29-10-13(9-26-29)14-6-15-19(28(4)11-25-15)20(27-14)31-16(7-17(22)23)12-5-18(30)24-8-12/h6,9-12,16-17H,5,7-8H2,1-4H3,(H,24,30)/t12-,16-/m1/s1. The van der Waals surface area contributed by atoms with Crippen LogP contribution in [0.5, 0.6) is 5.88 Å². The molecule has 1 saturated heterocycles. The minimum Gasteiger partial charge on any atom is -0.472 e. The predicted octanol–water partition coefficient (Wildman–Crippen LogP) is 3.13. The van der Waals surface area contributed by atoms with Crippen molar-refractivity contribution < 1.29 is 18.3 Å². The van der Waals surface area contributed by atoms with Crippen LogP contribution in [0.2, 0.25) is 0 Å². The maximum absolute atomic E-state index is 13.3. The van der Waals surface area contributed by atoms with Gasteiger partial charge in [0.05, 0.1) is 29.3 Å². The number of halogens is 2. The van der Waals surface area contributed by atoms with Gasteiger partial charge in [0.25, 0.3) is 0 Å². The van der Waals surface area contributed by atoms with Gasteiger partial charge in [0.1, 0.15) is 11.6 Å². The first-order chi connectivity index (χ1) is 14.6. The van der Waals surface area contributed by atoms with Crippen LogP contribution in [0.25, 0.3) is 22.3 Å². The minimum atomic E-state index is -2.56. The zero-order valence-corrected chi connectivity index (χ0v) is 18.0. The predicted molar refractivity (Wildman–Crippen MR) is 111 cm³/mol. The molecule has 0 unspecified atom stereocenters. The van der Waals surface area contributed by atoms with E-state index in [1.807, 2.05) is 37.7 Å². The van der Waals surface area contributed by atoms with Gasteiger partial charge in [-0.2, -0.15) is 5.10 Å². The van der Waals surface area contributed by atoms with Crippen molar-refractivity contribution in [3.05, 3.63) is 24.8 Å². The Bertz CT molecular complexity index is 1100. The molecule has 1 aliphatic heterocycles. The normalized spacial score (nSPS) is 18.0. The van der Waals surface area contributed by atoms with E-state index in [1.54, 1.807) is 24.1 Å². The van der Waals surface area contributed by atoms with Gasteiger partial charge in [-0.25, -0.2) is 18.7 Å². The summed E-state index contributed by atoms with van der Waals surface area (Å²) < 4.78 is 36.2. The van der Waals surface area contributed by atoms with E-state index in [9.17, 15) is 13.6 Å². The number of nitrogens with zero attached hydrogens (tertiary/aromatic N) is 5. The van der Waals surface area contributed by atoms with Gasteiger partial charge in [-0.05, 0) is 26.8 Å². The third-order valence-corrected chi connectivity index (χ3v) is 5.44. The Morgan fingerprint density at radius 1 is 1.35 bits per heavy atom. The molecule has 31 heavy (non-hydrogen) atoms. The Hall–Kier alpha value is -3.04. The van der Waals surface area contributed by atoms with E-state index in [0.717, 1.165) is 5.56 Å². The number of hydrogen-bond donors (Lipinski definition) is 1. The van der Waals surface area contributed by atoms with Crippen molar-refractivity contribution >= 4 is 16.9 Å². The molecule has 166 valence electrons. The van der Waals surface area contributed by atoms with Gasteiger partial charge in [0.2, 0.25) is 18.2 Å². The first-order valence-corrected chi connectivity index (χ1v) is 10.2. The lowest BCUT2D eigenvalue weighted by Gasteiger charge is -2.23. The highest BCUT2D eigenvalue weighted by atomic mass is 19.3. The topological polar surface area (TPSA) is 86.9 Å². The maximum Gasteiger partial charge on any atom is 0.242 e. The summed E-state index contributed by atoms with van der Waals surface area (Å²) in [5.74, 6) is -0.283. The fraction of sp³-hybridized carbons (Fsp3) is 0.524. The van der Waals surface area contributed by atoms with Crippen LogP contribution in [0.3, 0.4) is 0 Å². The molecule has 0 aromatic carbocycles. The van der Waals surface area contributed by atoms with Crippen LogP contribution in [0.1, 0.15) is 33.6 Å². The van der Waals surface area contributed by atoms with Crippen molar-refractivity contribution in [2.24, 2.45) is 13.0 Å². The van der Waals surface area contributed by atoms with E-state index in [0.29, 0.717) is 23.3 Å². The van der Waals surface area contributed by atoms with E-state index < -0.39 is 19.0 Å². The largest absolute Gasteiger partial charge is 0.472 e. The van der Waals surface area contributed by atoms with Gasteiger partial charge >= 0.3 is 0 Å². The second kappa shape index (κ2) is 7.90. The number of aryl methyl sites for hydroxylation is 1. The quantitative estimate of drug-likeness (QED) is 0.647. The Kier molecular flexibility index (Phi) is 5.40. The molecule has 8 nitrogen and oxygen atoms in total. The Morgan fingerprint density at radius 3 is 2.74 bits per heavy atom. The number of hydrogen-bond acceptors (Lipinski definition) is 5. The average Bonchev–Trinajstić information content (AvgIpc) is 3.40. The van der Waals surface area contributed by atoms with Gasteiger partial charge in [0.15, 0.2) is 0 Å². The molecule has 1 N–H and O–H groups in total. The molecule has 4 rings (SSSR count). The lowest BCUT2D eigenvalue weighted by Crippen LogP contribution is -2.31. The highest BCUT2D eigenvalue weighted by Crippen LogP contribution is 2.32. The molecular weight excluding hydrogens is 406 g/mol. The van der Waals surface area contributed by atoms with Gasteiger partial charge in [-0.1, -0.05) is 0 Å². The number of nitrogens with one attached hydrogen (secondary N) is 1. The lowest BCUT2D eigenvalue weighted by atomic mass is 9.99. The van der Waals surface area contributed by atoms with Crippen LogP contribution >= 0.6 is 0 Å². The van der Waals surface area contributed by atoms with E-state index in [4.69, 9.17) is 4.74 Å². The monoisotopic (exact) mass is 432 g/mol. The molecule has 1 aliphatic rings. The van der Waals surface area contributed by atoms with Crippen molar-refractivity contribution in [1.29, 1.82) is 0 Å². The van der Waals surface area contributed by atoms with Crippen molar-refractivity contribution in [3.63, 3.8) is 0 Å². The number of aromatic nitrogens is 5. The van der Waals surface area contributed by atoms with E-state index in [2.05, 4.69) is 20.4 Å². The van der Waals surface area contributed by atoms with Crippen LogP contribution in [0.4, 0.5) is 8.78 Å². The Morgan fingerprint density at radius 2 is 2.13 bits per heavy atom. The van der Waals surface area contributed by atoms with Crippen LogP contribution < -0.4 is 10.1 Å². The van der Waals surface area contributed by atoms with Crippen molar-refractivity contribution in [3.8, 4) is 17.1 Å². The summed E-state index contributed by atoms with van der Waals surface area (Å²) >= 11 is 0. The molecule has 3 aromatic rings. The number of imidazole rings is 1. The fourth-order valence-electron chi connectivity index (χ4n) is 3.74. The van der Waals surface area contributed by atoms with Gasteiger partial charge < -0.3 is 14.6 Å². The highest BCUT2D eigenvalue weighted by Gasteiger charge is 2.34. The molecule has 10 heteroatoms. The number of ether oxygens (including phenoxy) is 1. The SMILES string of the molecule is Cn1cnc2cc(-c3cnn(C(C)(C)C)c3)nc(O[C@H](CC(F)F)[C@H]3CNC(=O)C3)c21. The summed E-state index contributed by atoms with van der Waals surface area (Å²) in [5.41, 5.74) is 2.42. The summed E-state index contributed by atoms with van der Waals surface area (Å²) in [6, 6.07) is 1.83.